The van der Waals surface area contributed by atoms with Crippen molar-refractivity contribution in [3.05, 3.63) is 29.8 Å². The molecule has 0 saturated carbocycles. The Morgan fingerprint density at radius 1 is 1.19 bits per heavy atom. The molecule has 16 heavy (non-hydrogen) atoms. The van der Waals surface area contributed by atoms with Crippen molar-refractivity contribution in [3.63, 3.8) is 0 Å². The van der Waals surface area contributed by atoms with Crippen molar-refractivity contribution in [3.8, 4) is 5.75 Å². The maximum Gasteiger partial charge on any atom is 0.115 e. The largest absolute Gasteiger partial charge is 0.508 e. The molecule has 0 fully saturated rings. The second kappa shape index (κ2) is 5.87. The minimum atomic E-state index is -0.0692. The van der Waals surface area contributed by atoms with E-state index in [1.165, 1.54) is 0 Å². The fraction of sp³-hybridized carbons (Fsp3) is 0.538. The van der Waals surface area contributed by atoms with Crippen molar-refractivity contribution < 1.29 is 9.84 Å². The molecule has 0 spiro atoms. The van der Waals surface area contributed by atoms with Crippen LogP contribution in [-0.2, 0) is 11.3 Å². The van der Waals surface area contributed by atoms with Gasteiger partial charge in [0.05, 0.1) is 12.2 Å². The smallest absolute Gasteiger partial charge is 0.115 e. The molecule has 2 N–H and O–H groups in total. The van der Waals surface area contributed by atoms with E-state index in [4.69, 9.17) is 9.84 Å². The van der Waals surface area contributed by atoms with Crippen LogP contribution in [-0.4, -0.2) is 23.9 Å². The average molecular weight is 223 g/mol. The van der Waals surface area contributed by atoms with Crippen molar-refractivity contribution in [1.29, 1.82) is 0 Å². The van der Waals surface area contributed by atoms with Crippen LogP contribution < -0.4 is 5.32 Å². The third-order valence-electron chi connectivity index (χ3n) is 2.08. The normalized spacial score (nSPS) is 11.7. The first-order valence-electron chi connectivity index (χ1n) is 5.60. The molecule has 3 nitrogen and oxygen atoms in total. The minimum Gasteiger partial charge on any atom is -0.508 e. The second-order valence-corrected chi connectivity index (χ2v) is 4.80. The number of hydrogen-bond donors (Lipinski definition) is 2. The molecule has 0 unspecified atom stereocenters. The molecule has 0 aliphatic rings. The monoisotopic (exact) mass is 223 g/mol. The molecule has 0 heterocycles. The zero-order valence-electron chi connectivity index (χ0n) is 10.3. The molecular formula is C13H21NO2. The van der Waals surface area contributed by atoms with Gasteiger partial charge < -0.3 is 15.2 Å². The molecular weight excluding hydrogens is 202 g/mol. The molecule has 0 aromatic heterocycles. The molecule has 1 aromatic rings. The van der Waals surface area contributed by atoms with Crippen molar-refractivity contribution in [2.75, 3.05) is 13.2 Å². The molecule has 0 bridgehead atoms. The molecule has 1 rings (SSSR count). The SMILES string of the molecule is CC(C)(C)OCCNCc1ccc(O)cc1. The number of hydrogen-bond acceptors (Lipinski definition) is 3. The molecule has 3 heteroatoms. The van der Waals surface area contributed by atoms with E-state index in [0.717, 1.165) is 18.7 Å². The Morgan fingerprint density at radius 2 is 1.81 bits per heavy atom. The van der Waals surface area contributed by atoms with Crippen LogP contribution in [0.15, 0.2) is 24.3 Å². The van der Waals surface area contributed by atoms with Crippen LogP contribution in [0.1, 0.15) is 26.3 Å². The summed E-state index contributed by atoms with van der Waals surface area (Å²) in [7, 11) is 0. The number of aromatic hydroxyl groups is 1. The van der Waals surface area contributed by atoms with Gasteiger partial charge in [-0.2, -0.15) is 0 Å². The highest BCUT2D eigenvalue weighted by Crippen LogP contribution is 2.09. The van der Waals surface area contributed by atoms with Crippen LogP contribution in [0.3, 0.4) is 0 Å². The number of ether oxygens (including phenoxy) is 1. The maximum atomic E-state index is 9.12. The van der Waals surface area contributed by atoms with Crippen LogP contribution >= 0.6 is 0 Å². The molecule has 0 aliphatic heterocycles. The Hall–Kier alpha value is -1.06. The van der Waals surface area contributed by atoms with Gasteiger partial charge in [0.1, 0.15) is 5.75 Å². The molecule has 0 atom stereocenters. The molecule has 1 aromatic carbocycles. The summed E-state index contributed by atoms with van der Waals surface area (Å²) in [6.07, 6.45) is 0. The van der Waals surface area contributed by atoms with Crippen LogP contribution in [0, 0.1) is 0 Å². The first kappa shape index (κ1) is 13.0. The third kappa shape index (κ3) is 5.73. The van der Waals surface area contributed by atoms with Crippen LogP contribution in [0.2, 0.25) is 0 Å². The lowest BCUT2D eigenvalue weighted by atomic mass is 10.2. The summed E-state index contributed by atoms with van der Waals surface area (Å²) in [6.45, 7) is 8.49. The molecule has 0 saturated heterocycles. The zero-order valence-corrected chi connectivity index (χ0v) is 10.3. The van der Waals surface area contributed by atoms with E-state index in [9.17, 15) is 0 Å². The van der Waals surface area contributed by atoms with Gasteiger partial charge in [-0.15, -0.1) is 0 Å². The van der Waals surface area contributed by atoms with E-state index in [2.05, 4.69) is 5.32 Å². The lowest BCUT2D eigenvalue weighted by Crippen LogP contribution is -2.26. The van der Waals surface area contributed by atoms with Crippen LogP contribution in [0.25, 0.3) is 0 Å². The highest BCUT2D eigenvalue weighted by Gasteiger charge is 2.08. The summed E-state index contributed by atoms with van der Waals surface area (Å²) in [5, 5.41) is 12.4. The standard InChI is InChI=1S/C13H21NO2/c1-13(2,3)16-9-8-14-10-11-4-6-12(15)7-5-11/h4-7,14-15H,8-10H2,1-3H3. The van der Waals surface area contributed by atoms with Gasteiger partial charge in [-0.3, -0.25) is 0 Å². The van der Waals surface area contributed by atoms with Gasteiger partial charge in [0.15, 0.2) is 0 Å². The lowest BCUT2D eigenvalue weighted by molar-refractivity contribution is -0.000886. The minimum absolute atomic E-state index is 0.0692. The fourth-order valence-corrected chi connectivity index (χ4v) is 1.28. The molecule has 90 valence electrons. The van der Waals surface area contributed by atoms with Crippen molar-refractivity contribution >= 4 is 0 Å². The molecule has 0 amide bonds. The summed E-state index contributed by atoms with van der Waals surface area (Å²) in [5.74, 6) is 0.305. The van der Waals surface area contributed by atoms with Gasteiger partial charge >= 0.3 is 0 Å². The van der Waals surface area contributed by atoms with Crippen molar-refractivity contribution in [2.24, 2.45) is 0 Å². The van der Waals surface area contributed by atoms with Crippen LogP contribution in [0.4, 0.5) is 0 Å². The van der Waals surface area contributed by atoms with E-state index in [1.54, 1.807) is 12.1 Å². The molecule has 0 radical (unpaired) electrons. The van der Waals surface area contributed by atoms with Gasteiger partial charge in [-0.25, -0.2) is 0 Å². The predicted molar refractivity (Wildman–Crippen MR) is 65.5 cm³/mol. The van der Waals surface area contributed by atoms with Crippen molar-refractivity contribution in [1.82, 2.24) is 5.32 Å². The highest BCUT2D eigenvalue weighted by atomic mass is 16.5. The van der Waals surface area contributed by atoms with Gasteiger partial charge in [0, 0.05) is 13.1 Å². The number of nitrogens with one attached hydrogen (secondary N) is 1. The van der Waals surface area contributed by atoms with Gasteiger partial charge in [0.2, 0.25) is 0 Å². The summed E-state index contributed by atoms with van der Waals surface area (Å²) in [4.78, 5) is 0. The topological polar surface area (TPSA) is 41.5 Å². The Balaban J connectivity index is 2.14. The first-order valence-corrected chi connectivity index (χ1v) is 5.60. The number of rotatable bonds is 5. The Morgan fingerprint density at radius 3 is 2.38 bits per heavy atom. The Labute approximate surface area is 97.4 Å². The van der Waals surface area contributed by atoms with Gasteiger partial charge in [-0.1, -0.05) is 12.1 Å². The summed E-state index contributed by atoms with van der Waals surface area (Å²) in [5.41, 5.74) is 1.09. The first-order chi connectivity index (χ1) is 7.47. The number of benzene rings is 1. The third-order valence-corrected chi connectivity index (χ3v) is 2.08. The van der Waals surface area contributed by atoms with E-state index < -0.39 is 0 Å². The zero-order chi connectivity index (χ0) is 12.0. The van der Waals surface area contributed by atoms with Crippen LogP contribution in [0.5, 0.6) is 5.75 Å². The Kier molecular flexibility index (Phi) is 4.77. The van der Waals surface area contributed by atoms with Gasteiger partial charge in [-0.05, 0) is 38.5 Å². The summed E-state index contributed by atoms with van der Waals surface area (Å²) < 4.78 is 5.58. The summed E-state index contributed by atoms with van der Waals surface area (Å²) >= 11 is 0. The lowest BCUT2D eigenvalue weighted by Gasteiger charge is -2.19. The second-order valence-electron chi connectivity index (χ2n) is 4.80. The van der Waals surface area contributed by atoms with Crippen molar-refractivity contribution in [2.45, 2.75) is 32.9 Å². The van der Waals surface area contributed by atoms with E-state index >= 15 is 0 Å². The van der Waals surface area contributed by atoms with Gasteiger partial charge in [0.25, 0.3) is 0 Å². The number of phenols is 1. The quantitative estimate of drug-likeness (QED) is 0.753. The maximum absolute atomic E-state index is 9.12. The average Bonchev–Trinajstić information content (AvgIpc) is 2.19. The Bertz CT molecular complexity index is 301. The van der Waals surface area contributed by atoms with E-state index in [-0.39, 0.29) is 5.60 Å². The highest BCUT2D eigenvalue weighted by molar-refractivity contribution is 5.25. The molecule has 0 aliphatic carbocycles. The number of phenolic OH excluding ortho intramolecular Hbond substituents is 1. The van der Waals surface area contributed by atoms with E-state index in [0.29, 0.717) is 12.4 Å². The fourth-order valence-electron chi connectivity index (χ4n) is 1.28. The summed E-state index contributed by atoms with van der Waals surface area (Å²) in [6, 6.07) is 7.21. The predicted octanol–water partition coefficient (Wildman–Crippen LogP) is 2.30. The van der Waals surface area contributed by atoms with E-state index in [1.807, 2.05) is 32.9 Å².